The largest absolute Gasteiger partial charge is 0.486 e. The molecule has 0 atom stereocenters. The van der Waals surface area contributed by atoms with Gasteiger partial charge in [-0.25, -0.2) is 4.79 Å². The minimum Gasteiger partial charge on any atom is -0.486 e. The molecule has 2 aromatic rings. The third-order valence-electron chi connectivity index (χ3n) is 4.17. The fraction of sp³-hybridized carbons (Fsp3) is 0.286. The van der Waals surface area contributed by atoms with Crippen molar-refractivity contribution >= 4 is 17.7 Å². The van der Waals surface area contributed by atoms with Gasteiger partial charge in [0.2, 0.25) is 0 Å². The third kappa shape index (κ3) is 4.88. The Kier molecular flexibility index (Phi) is 6.26. The van der Waals surface area contributed by atoms with Crippen LogP contribution in [0.25, 0.3) is 0 Å². The van der Waals surface area contributed by atoms with E-state index in [4.69, 9.17) is 14.2 Å². The van der Waals surface area contributed by atoms with Crippen molar-refractivity contribution < 1.29 is 33.3 Å². The van der Waals surface area contributed by atoms with Gasteiger partial charge in [0.15, 0.2) is 17.3 Å². The Morgan fingerprint density at radius 3 is 2.50 bits per heavy atom. The first kappa shape index (κ1) is 19.4. The molecule has 0 aromatic heterocycles. The Hall–Kier alpha value is -3.35. The number of carbonyl (C=O) groups is 3. The standard InChI is InChI=1S/C21H20O7/c1-25-21(24)16-4-2-3-14(11-16)13-28-20(23)8-6-17(22)15-5-7-18-19(12-15)27-10-9-26-18/h2-5,7,11-12H,6,8-10,13H2,1H3. The highest BCUT2D eigenvalue weighted by molar-refractivity contribution is 5.98. The zero-order valence-electron chi connectivity index (χ0n) is 15.4. The Morgan fingerprint density at radius 2 is 1.71 bits per heavy atom. The molecule has 0 fully saturated rings. The monoisotopic (exact) mass is 384 g/mol. The normalized spacial score (nSPS) is 12.2. The van der Waals surface area contributed by atoms with Gasteiger partial charge in [-0.1, -0.05) is 12.1 Å². The maximum absolute atomic E-state index is 12.3. The van der Waals surface area contributed by atoms with Crippen LogP contribution in [-0.2, 0) is 20.9 Å². The first-order chi connectivity index (χ1) is 13.6. The number of Topliss-reactive ketones (excluding diaryl/α,β-unsaturated/α-hetero) is 1. The predicted molar refractivity (Wildman–Crippen MR) is 98.6 cm³/mol. The van der Waals surface area contributed by atoms with E-state index in [1.807, 2.05) is 0 Å². The first-order valence-corrected chi connectivity index (χ1v) is 8.82. The zero-order valence-corrected chi connectivity index (χ0v) is 15.4. The van der Waals surface area contributed by atoms with Crippen molar-refractivity contribution in [3.05, 3.63) is 59.2 Å². The van der Waals surface area contributed by atoms with Crippen LogP contribution in [-0.4, -0.2) is 38.0 Å². The van der Waals surface area contributed by atoms with E-state index < -0.39 is 11.9 Å². The molecule has 0 saturated heterocycles. The summed E-state index contributed by atoms with van der Waals surface area (Å²) in [7, 11) is 1.30. The van der Waals surface area contributed by atoms with E-state index >= 15 is 0 Å². The highest BCUT2D eigenvalue weighted by Crippen LogP contribution is 2.31. The molecule has 0 aliphatic carbocycles. The summed E-state index contributed by atoms with van der Waals surface area (Å²) in [5.74, 6) is 0.00994. The molecular weight excluding hydrogens is 364 g/mol. The lowest BCUT2D eigenvalue weighted by atomic mass is 10.1. The Morgan fingerprint density at radius 1 is 0.929 bits per heavy atom. The van der Waals surface area contributed by atoms with E-state index in [9.17, 15) is 14.4 Å². The SMILES string of the molecule is COC(=O)c1cccc(COC(=O)CCC(=O)c2ccc3c(c2)OCCO3)c1. The van der Waals surface area contributed by atoms with Crippen molar-refractivity contribution in [3.8, 4) is 11.5 Å². The molecule has 0 amide bonds. The van der Waals surface area contributed by atoms with E-state index in [0.29, 0.717) is 41.4 Å². The molecule has 0 unspecified atom stereocenters. The van der Waals surface area contributed by atoms with Gasteiger partial charge in [0, 0.05) is 12.0 Å². The number of esters is 2. The van der Waals surface area contributed by atoms with Gasteiger partial charge in [-0.05, 0) is 35.9 Å². The molecule has 0 bridgehead atoms. The van der Waals surface area contributed by atoms with E-state index in [2.05, 4.69) is 4.74 Å². The lowest BCUT2D eigenvalue weighted by Gasteiger charge is -2.18. The zero-order chi connectivity index (χ0) is 19.9. The lowest BCUT2D eigenvalue weighted by Crippen LogP contribution is -2.16. The second kappa shape index (κ2) is 9.03. The number of ether oxygens (including phenoxy) is 4. The number of benzene rings is 2. The van der Waals surface area contributed by atoms with Gasteiger partial charge in [0.05, 0.1) is 19.1 Å². The number of carbonyl (C=O) groups excluding carboxylic acids is 3. The van der Waals surface area contributed by atoms with E-state index in [1.165, 1.54) is 7.11 Å². The first-order valence-electron chi connectivity index (χ1n) is 8.82. The van der Waals surface area contributed by atoms with Gasteiger partial charge in [-0.15, -0.1) is 0 Å². The van der Waals surface area contributed by atoms with Crippen LogP contribution in [0.3, 0.4) is 0 Å². The number of ketones is 1. The molecule has 0 N–H and O–H groups in total. The molecule has 0 radical (unpaired) electrons. The van der Waals surface area contributed by atoms with Crippen LogP contribution in [0, 0.1) is 0 Å². The molecule has 7 heteroatoms. The van der Waals surface area contributed by atoms with Crippen LogP contribution in [0.4, 0.5) is 0 Å². The van der Waals surface area contributed by atoms with Gasteiger partial charge in [0.1, 0.15) is 19.8 Å². The summed E-state index contributed by atoms with van der Waals surface area (Å²) < 4.78 is 20.7. The fourth-order valence-electron chi connectivity index (χ4n) is 2.72. The Bertz CT molecular complexity index is 888. The summed E-state index contributed by atoms with van der Waals surface area (Å²) in [6.45, 7) is 0.935. The summed E-state index contributed by atoms with van der Waals surface area (Å²) in [5.41, 5.74) is 1.50. The summed E-state index contributed by atoms with van der Waals surface area (Å²) in [5, 5.41) is 0. The number of rotatable bonds is 7. The molecule has 1 aliphatic rings. The van der Waals surface area contributed by atoms with Gasteiger partial charge >= 0.3 is 11.9 Å². The van der Waals surface area contributed by atoms with Gasteiger partial charge in [-0.2, -0.15) is 0 Å². The topological polar surface area (TPSA) is 88.1 Å². The highest BCUT2D eigenvalue weighted by atomic mass is 16.6. The lowest BCUT2D eigenvalue weighted by molar-refractivity contribution is -0.144. The summed E-state index contributed by atoms with van der Waals surface area (Å²) in [4.78, 5) is 35.8. The maximum Gasteiger partial charge on any atom is 0.337 e. The molecule has 3 rings (SSSR count). The average molecular weight is 384 g/mol. The highest BCUT2D eigenvalue weighted by Gasteiger charge is 2.16. The summed E-state index contributed by atoms with van der Waals surface area (Å²) in [6, 6.07) is 11.6. The number of methoxy groups -OCH3 is 1. The third-order valence-corrected chi connectivity index (χ3v) is 4.17. The molecule has 146 valence electrons. The minimum absolute atomic E-state index is 0.0158. The van der Waals surface area contributed by atoms with Gasteiger partial charge in [0.25, 0.3) is 0 Å². The van der Waals surface area contributed by atoms with Gasteiger partial charge in [-0.3, -0.25) is 9.59 Å². The smallest absolute Gasteiger partial charge is 0.337 e. The number of hydrogen-bond donors (Lipinski definition) is 0. The van der Waals surface area contributed by atoms with Crippen molar-refractivity contribution in [3.63, 3.8) is 0 Å². The second-order valence-electron chi connectivity index (χ2n) is 6.13. The quantitative estimate of drug-likeness (QED) is 0.536. The molecule has 0 saturated carbocycles. The van der Waals surface area contributed by atoms with Crippen molar-refractivity contribution in [2.24, 2.45) is 0 Å². The average Bonchev–Trinajstić information content (AvgIpc) is 2.75. The number of fused-ring (bicyclic) bond motifs is 1. The fourth-order valence-corrected chi connectivity index (χ4v) is 2.72. The van der Waals surface area contributed by atoms with Crippen LogP contribution < -0.4 is 9.47 Å². The van der Waals surface area contributed by atoms with Crippen molar-refractivity contribution in [2.75, 3.05) is 20.3 Å². The van der Waals surface area contributed by atoms with E-state index in [1.54, 1.807) is 42.5 Å². The van der Waals surface area contributed by atoms with Crippen molar-refractivity contribution in [1.29, 1.82) is 0 Å². The van der Waals surface area contributed by atoms with Gasteiger partial charge < -0.3 is 18.9 Å². The van der Waals surface area contributed by atoms with E-state index in [0.717, 1.165) is 0 Å². The van der Waals surface area contributed by atoms with Crippen LogP contribution in [0.1, 0.15) is 39.1 Å². The van der Waals surface area contributed by atoms with Crippen LogP contribution >= 0.6 is 0 Å². The molecule has 2 aromatic carbocycles. The van der Waals surface area contributed by atoms with Crippen LogP contribution in [0.5, 0.6) is 11.5 Å². The molecule has 1 aliphatic heterocycles. The predicted octanol–water partition coefficient (Wildman–Crippen LogP) is 2.95. The Balaban J connectivity index is 1.49. The molecule has 1 heterocycles. The maximum atomic E-state index is 12.3. The summed E-state index contributed by atoms with van der Waals surface area (Å²) in [6.07, 6.45) is -0.00928. The minimum atomic E-state index is -0.491. The van der Waals surface area contributed by atoms with E-state index in [-0.39, 0.29) is 25.2 Å². The number of hydrogen-bond acceptors (Lipinski definition) is 7. The molecular formula is C21H20O7. The van der Waals surface area contributed by atoms with Crippen molar-refractivity contribution in [2.45, 2.75) is 19.4 Å². The summed E-state index contributed by atoms with van der Waals surface area (Å²) >= 11 is 0. The van der Waals surface area contributed by atoms with Crippen LogP contribution in [0.15, 0.2) is 42.5 Å². The molecule has 28 heavy (non-hydrogen) atoms. The van der Waals surface area contributed by atoms with Crippen molar-refractivity contribution in [1.82, 2.24) is 0 Å². The molecule has 0 spiro atoms. The molecule has 7 nitrogen and oxygen atoms in total. The van der Waals surface area contributed by atoms with Crippen LogP contribution in [0.2, 0.25) is 0 Å². The Labute approximate surface area is 162 Å². The second-order valence-corrected chi connectivity index (χ2v) is 6.13.